The van der Waals surface area contributed by atoms with Crippen molar-refractivity contribution < 1.29 is 4.74 Å². The lowest BCUT2D eigenvalue weighted by molar-refractivity contribution is 0.194. The highest BCUT2D eigenvalue weighted by Gasteiger charge is 2.01. The number of hydrogen-bond donors (Lipinski definition) is 1. The molecule has 0 unspecified atom stereocenters. The van der Waals surface area contributed by atoms with Gasteiger partial charge < -0.3 is 14.6 Å². The Morgan fingerprint density at radius 1 is 1.15 bits per heavy atom. The lowest BCUT2D eigenvalue weighted by Gasteiger charge is -2.10. The summed E-state index contributed by atoms with van der Waals surface area (Å²) in [7, 11) is 1.74. The predicted octanol–water partition coefficient (Wildman–Crippen LogP) is 2.97. The zero-order chi connectivity index (χ0) is 14.2. The molecule has 108 valence electrons. The minimum absolute atomic E-state index is 0.817. The van der Waals surface area contributed by atoms with E-state index in [1.807, 2.05) is 0 Å². The molecule has 20 heavy (non-hydrogen) atoms. The summed E-state index contributed by atoms with van der Waals surface area (Å²) in [5.74, 6) is 0. The van der Waals surface area contributed by atoms with Crippen molar-refractivity contribution in [1.29, 1.82) is 0 Å². The topological polar surface area (TPSA) is 26.2 Å². The second-order valence-corrected chi connectivity index (χ2v) is 5.14. The second kappa shape index (κ2) is 7.88. The molecule has 0 atom stereocenters. The van der Waals surface area contributed by atoms with Crippen molar-refractivity contribution in [2.24, 2.45) is 0 Å². The molecular formula is C17H24N2O. The smallest absolute Gasteiger partial charge is 0.0474 e. The maximum absolute atomic E-state index is 5.05. The van der Waals surface area contributed by atoms with E-state index in [0.717, 1.165) is 32.7 Å². The van der Waals surface area contributed by atoms with E-state index in [2.05, 4.69) is 59.4 Å². The van der Waals surface area contributed by atoms with Gasteiger partial charge >= 0.3 is 0 Å². The lowest BCUT2D eigenvalue weighted by Crippen LogP contribution is -2.18. The van der Waals surface area contributed by atoms with Crippen LogP contribution in [0, 0.1) is 6.92 Å². The zero-order valence-electron chi connectivity index (χ0n) is 12.4. The highest BCUT2D eigenvalue weighted by atomic mass is 16.5. The minimum Gasteiger partial charge on any atom is -0.385 e. The van der Waals surface area contributed by atoms with Crippen LogP contribution in [-0.2, 0) is 17.8 Å². The summed E-state index contributed by atoms with van der Waals surface area (Å²) in [5, 5.41) is 3.46. The van der Waals surface area contributed by atoms with Gasteiger partial charge in [-0.05, 0) is 37.6 Å². The molecule has 0 amide bonds. The minimum atomic E-state index is 0.817. The summed E-state index contributed by atoms with van der Waals surface area (Å²) in [5.41, 5.74) is 3.97. The van der Waals surface area contributed by atoms with Crippen LogP contribution in [0.15, 0.2) is 42.6 Å². The largest absolute Gasteiger partial charge is 0.385 e. The van der Waals surface area contributed by atoms with E-state index in [4.69, 9.17) is 4.74 Å². The molecule has 0 spiro atoms. The molecule has 0 aliphatic heterocycles. The Balaban J connectivity index is 1.86. The third kappa shape index (κ3) is 4.51. The zero-order valence-corrected chi connectivity index (χ0v) is 12.4. The van der Waals surface area contributed by atoms with Gasteiger partial charge in [-0.25, -0.2) is 0 Å². The van der Waals surface area contributed by atoms with E-state index < -0.39 is 0 Å². The second-order valence-electron chi connectivity index (χ2n) is 5.14. The molecule has 2 rings (SSSR count). The number of hydrogen-bond acceptors (Lipinski definition) is 2. The number of ether oxygens (including phenoxy) is 1. The van der Waals surface area contributed by atoms with Crippen molar-refractivity contribution in [2.75, 3.05) is 20.3 Å². The maximum atomic E-state index is 5.05. The Bertz CT molecular complexity index is 502. The number of aromatic nitrogens is 1. The lowest BCUT2D eigenvalue weighted by atomic mass is 10.1. The highest BCUT2D eigenvalue weighted by molar-refractivity contribution is 5.22. The fourth-order valence-corrected chi connectivity index (χ4v) is 2.21. The molecule has 0 saturated carbocycles. The average molecular weight is 272 g/mol. The molecule has 0 aliphatic carbocycles. The molecule has 0 bridgehead atoms. The van der Waals surface area contributed by atoms with Crippen LogP contribution < -0.4 is 5.32 Å². The van der Waals surface area contributed by atoms with Crippen LogP contribution in [0.1, 0.15) is 23.2 Å². The van der Waals surface area contributed by atoms with E-state index >= 15 is 0 Å². The molecule has 0 saturated heterocycles. The standard InChI is InChI=1S/C17H24N2O/c1-15-6-8-16(9-7-15)14-19-11-3-5-17(19)13-18-10-4-12-20-2/h3,5-9,11,18H,4,10,12-14H2,1-2H3. The molecular weight excluding hydrogens is 248 g/mol. The number of nitrogens with zero attached hydrogens (tertiary/aromatic N) is 1. The van der Waals surface area contributed by atoms with Gasteiger partial charge in [0.2, 0.25) is 0 Å². The monoisotopic (exact) mass is 272 g/mol. The number of rotatable bonds is 8. The SMILES string of the molecule is COCCCNCc1cccn1Cc1ccc(C)cc1. The third-order valence-electron chi connectivity index (χ3n) is 3.41. The number of aryl methyl sites for hydroxylation is 1. The molecule has 1 N–H and O–H groups in total. The fraction of sp³-hybridized carbons (Fsp3) is 0.412. The van der Waals surface area contributed by atoms with E-state index in [1.54, 1.807) is 7.11 Å². The van der Waals surface area contributed by atoms with Crippen molar-refractivity contribution in [3.05, 3.63) is 59.4 Å². The first-order valence-corrected chi connectivity index (χ1v) is 7.19. The van der Waals surface area contributed by atoms with Crippen molar-refractivity contribution >= 4 is 0 Å². The molecule has 0 fully saturated rings. The average Bonchev–Trinajstić information content (AvgIpc) is 2.89. The Morgan fingerprint density at radius 2 is 1.95 bits per heavy atom. The predicted molar refractivity (Wildman–Crippen MR) is 82.9 cm³/mol. The molecule has 3 nitrogen and oxygen atoms in total. The van der Waals surface area contributed by atoms with Crippen molar-refractivity contribution in [2.45, 2.75) is 26.4 Å². The normalized spacial score (nSPS) is 10.9. The van der Waals surface area contributed by atoms with Crippen LogP contribution in [0.3, 0.4) is 0 Å². The quantitative estimate of drug-likeness (QED) is 0.748. The summed E-state index contributed by atoms with van der Waals surface area (Å²) in [4.78, 5) is 0. The van der Waals surface area contributed by atoms with Gasteiger partial charge in [-0.2, -0.15) is 0 Å². The molecule has 1 heterocycles. The van der Waals surface area contributed by atoms with Crippen LogP contribution >= 0.6 is 0 Å². The summed E-state index contributed by atoms with van der Waals surface area (Å²) in [6.45, 7) is 5.76. The first kappa shape index (κ1) is 14.8. The van der Waals surface area contributed by atoms with Gasteiger partial charge in [0, 0.05) is 38.7 Å². The number of nitrogens with one attached hydrogen (secondary N) is 1. The van der Waals surface area contributed by atoms with Crippen LogP contribution in [0.25, 0.3) is 0 Å². The van der Waals surface area contributed by atoms with Crippen LogP contribution in [0.4, 0.5) is 0 Å². The van der Waals surface area contributed by atoms with Gasteiger partial charge in [0.05, 0.1) is 0 Å². The van der Waals surface area contributed by atoms with Crippen molar-refractivity contribution in [3.63, 3.8) is 0 Å². The Kier molecular flexibility index (Phi) is 5.84. The van der Waals surface area contributed by atoms with Gasteiger partial charge in [-0.1, -0.05) is 29.8 Å². The van der Waals surface area contributed by atoms with Gasteiger partial charge in [-0.15, -0.1) is 0 Å². The van der Waals surface area contributed by atoms with Gasteiger partial charge in [-0.3, -0.25) is 0 Å². The Hall–Kier alpha value is -1.58. The van der Waals surface area contributed by atoms with E-state index in [1.165, 1.54) is 16.8 Å². The van der Waals surface area contributed by atoms with Gasteiger partial charge in [0.15, 0.2) is 0 Å². The van der Waals surface area contributed by atoms with Crippen LogP contribution in [0.2, 0.25) is 0 Å². The highest BCUT2D eigenvalue weighted by Crippen LogP contribution is 2.09. The van der Waals surface area contributed by atoms with Crippen molar-refractivity contribution in [3.8, 4) is 0 Å². The summed E-state index contributed by atoms with van der Waals surface area (Å²) >= 11 is 0. The molecule has 1 aromatic carbocycles. The summed E-state index contributed by atoms with van der Waals surface area (Å²) in [6, 6.07) is 13.0. The van der Waals surface area contributed by atoms with Crippen molar-refractivity contribution in [1.82, 2.24) is 9.88 Å². The van der Waals surface area contributed by atoms with E-state index in [9.17, 15) is 0 Å². The van der Waals surface area contributed by atoms with Gasteiger partial charge in [0.25, 0.3) is 0 Å². The molecule has 0 radical (unpaired) electrons. The van der Waals surface area contributed by atoms with Crippen LogP contribution in [-0.4, -0.2) is 24.8 Å². The Morgan fingerprint density at radius 3 is 2.70 bits per heavy atom. The van der Waals surface area contributed by atoms with Crippen LogP contribution in [0.5, 0.6) is 0 Å². The first-order chi connectivity index (χ1) is 9.79. The van der Waals surface area contributed by atoms with Gasteiger partial charge in [0.1, 0.15) is 0 Å². The fourth-order valence-electron chi connectivity index (χ4n) is 2.21. The first-order valence-electron chi connectivity index (χ1n) is 7.19. The number of methoxy groups -OCH3 is 1. The number of benzene rings is 1. The Labute approximate surface area is 121 Å². The maximum Gasteiger partial charge on any atom is 0.0474 e. The summed E-state index contributed by atoms with van der Waals surface area (Å²) in [6.07, 6.45) is 3.20. The van der Waals surface area contributed by atoms with E-state index in [0.29, 0.717) is 0 Å². The molecule has 3 heteroatoms. The molecule has 0 aliphatic rings. The third-order valence-corrected chi connectivity index (χ3v) is 3.41. The van der Waals surface area contributed by atoms with E-state index in [-0.39, 0.29) is 0 Å². The molecule has 2 aromatic rings. The molecule has 1 aromatic heterocycles. The summed E-state index contributed by atoms with van der Waals surface area (Å²) < 4.78 is 7.35.